The van der Waals surface area contributed by atoms with Crippen LogP contribution < -0.4 is 0 Å². The van der Waals surface area contributed by atoms with Gasteiger partial charge >= 0.3 is 0 Å². The van der Waals surface area contributed by atoms with Crippen LogP contribution in [0.1, 0.15) is 13.8 Å². The Morgan fingerprint density at radius 1 is 1.45 bits per heavy atom. The molecular weight excluding hydrogens is 198 g/mol. The maximum absolute atomic E-state index is 12.6. The van der Waals surface area contributed by atoms with Crippen molar-refractivity contribution in [3.63, 3.8) is 0 Å². The van der Waals surface area contributed by atoms with E-state index in [0.717, 1.165) is 0 Å². The summed E-state index contributed by atoms with van der Waals surface area (Å²) in [5.74, 6) is -5.55. The Labute approximate surface area is 69.0 Å². The molecule has 6 heteroatoms. The van der Waals surface area contributed by atoms with Crippen LogP contribution in [-0.4, -0.2) is 20.1 Å². The summed E-state index contributed by atoms with van der Waals surface area (Å²) in [6.07, 6.45) is 0. The van der Waals surface area contributed by atoms with Gasteiger partial charge in [0.05, 0.1) is 0 Å². The lowest BCUT2D eigenvalue weighted by Crippen LogP contribution is -2.31. The molecule has 0 aliphatic carbocycles. The second-order valence-corrected chi connectivity index (χ2v) is 5.38. The molecule has 0 aromatic carbocycles. The van der Waals surface area contributed by atoms with Crippen molar-refractivity contribution >= 4 is 19.7 Å². The lowest BCUT2D eigenvalue weighted by Gasteiger charge is -2.17. The topological polar surface area (TPSA) is 34.1 Å². The fourth-order valence-electron chi connectivity index (χ4n) is 0.397. The Morgan fingerprint density at radius 3 is 1.91 bits per heavy atom. The second kappa shape index (κ2) is 3.23. The third-order valence-corrected chi connectivity index (χ3v) is 2.27. The maximum Gasteiger partial charge on any atom is 0.265 e. The van der Waals surface area contributed by atoms with E-state index in [1.165, 1.54) is 13.8 Å². The van der Waals surface area contributed by atoms with Gasteiger partial charge in [0.25, 0.3) is 5.92 Å². The van der Waals surface area contributed by atoms with Crippen LogP contribution >= 0.6 is 10.7 Å². The van der Waals surface area contributed by atoms with Crippen molar-refractivity contribution in [1.29, 1.82) is 0 Å². The van der Waals surface area contributed by atoms with E-state index < -0.39 is 26.6 Å². The lowest BCUT2D eigenvalue weighted by molar-refractivity contribution is -0.0211. The first-order chi connectivity index (χ1) is 4.65. The van der Waals surface area contributed by atoms with E-state index in [-0.39, 0.29) is 0 Å². The van der Waals surface area contributed by atoms with Crippen LogP contribution in [0.15, 0.2) is 0 Å². The number of hydrogen-bond donors (Lipinski definition) is 0. The van der Waals surface area contributed by atoms with Crippen molar-refractivity contribution in [2.24, 2.45) is 5.92 Å². The number of rotatable bonds is 3. The highest BCUT2D eigenvalue weighted by Crippen LogP contribution is 2.26. The minimum atomic E-state index is -4.10. The van der Waals surface area contributed by atoms with Crippen LogP contribution in [0, 0.1) is 5.92 Å². The molecule has 0 aliphatic rings. The molecule has 0 atom stereocenters. The smallest absolute Gasteiger partial charge is 0.212 e. The van der Waals surface area contributed by atoms with Crippen molar-refractivity contribution in [1.82, 2.24) is 0 Å². The van der Waals surface area contributed by atoms with Crippen molar-refractivity contribution in [2.75, 3.05) is 5.75 Å². The van der Waals surface area contributed by atoms with E-state index in [0.29, 0.717) is 0 Å². The molecule has 0 aromatic rings. The summed E-state index contributed by atoms with van der Waals surface area (Å²) < 4.78 is 45.6. The van der Waals surface area contributed by atoms with E-state index in [1.807, 2.05) is 0 Å². The number of alkyl halides is 2. The molecule has 11 heavy (non-hydrogen) atoms. The Bertz CT molecular complexity index is 223. The van der Waals surface area contributed by atoms with Crippen LogP contribution in [0.2, 0.25) is 0 Å². The SMILES string of the molecule is CC(C)C(F)(F)CS(=O)(=O)Cl. The highest BCUT2D eigenvalue weighted by atomic mass is 35.7. The summed E-state index contributed by atoms with van der Waals surface area (Å²) in [5.41, 5.74) is 0. The molecule has 0 unspecified atom stereocenters. The predicted octanol–water partition coefficient (Wildman–Crippen LogP) is 1.85. The zero-order valence-corrected chi connectivity index (χ0v) is 7.72. The van der Waals surface area contributed by atoms with Crippen molar-refractivity contribution < 1.29 is 17.2 Å². The minimum absolute atomic E-state index is 1.02. The molecule has 2 nitrogen and oxygen atoms in total. The van der Waals surface area contributed by atoms with Gasteiger partial charge in [-0.1, -0.05) is 13.8 Å². The van der Waals surface area contributed by atoms with Gasteiger partial charge in [-0.25, -0.2) is 17.2 Å². The monoisotopic (exact) mass is 206 g/mol. The summed E-state index contributed by atoms with van der Waals surface area (Å²) >= 11 is 0. The molecule has 0 amide bonds. The molecule has 0 aromatic heterocycles. The molecule has 0 radical (unpaired) electrons. The first-order valence-corrected chi connectivity index (χ1v) is 5.43. The van der Waals surface area contributed by atoms with Gasteiger partial charge in [-0.3, -0.25) is 0 Å². The first kappa shape index (κ1) is 11.1. The Kier molecular flexibility index (Phi) is 3.26. The number of hydrogen-bond acceptors (Lipinski definition) is 2. The highest BCUT2D eigenvalue weighted by molar-refractivity contribution is 8.13. The van der Waals surface area contributed by atoms with E-state index in [9.17, 15) is 17.2 Å². The quantitative estimate of drug-likeness (QED) is 0.661. The molecule has 0 spiro atoms. The fourth-order valence-corrected chi connectivity index (χ4v) is 1.63. The van der Waals surface area contributed by atoms with Gasteiger partial charge in [0.2, 0.25) is 9.05 Å². The van der Waals surface area contributed by atoms with Gasteiger partial charge in [0.15, 0.2) is 0 Å². The van der Waals surface area contributed by atoms with Crippen LogP contribution in [0.5, 0.6) is 0 Å². The summed E-state index contributed by atoms with van der Waals surface area (Å²) in [7, 11) is 0.549. The molecule has 0 N–H and O–H groups in total. The Balaban J connectivity index is 4.38. The first-order valence-electron chi connectivity index (χ1n) is 2.95. The van der Waals surface area contributed by atoms with Crippen LogP contribution in [-0.2, 0) is 9.05 Å². The molecular formula is C5H9ClF2O2S. The van der Waals surface area contributed by atoms with Gasteiger partial charge in [-0.05, 0) is 0 Å². The van der Waals surface area contributed by atoms with E-state index in [4.69, 9.17) is 0 Å². The van der Waals surface area contributed by atoms with Gasteiger partial charge in [0.1, 0.15) is 5.75 Å². The largest absolute Gasteiger partial charge is 0.265 e. The Hall–Kier alpha value is 0.1000. The summed E-state index contributed by atoms with van der Waals surface area (Å²) in [6, 6.07) is 0. The molecule has 0 bridgehead atoms. The lowest BCUT2D eigenvalue weighted by atomic mass is 10.1. The third-order valence-electron chi connectivity index (χ3n) is 1.21. The highest BCUT2D eigenvalue weighted by Gasteiger charge is 2.37. The predicted molar refractivity (Wildman–Crippen MR) is 39.4 cm³/mol. The molecule has 0 saturated heterocycles. The van der Waals surface area contributed by atoms with Crippen molar-refractivity contribution in [2.45, 2.75) is 19.8 Å². The molecule has 0 saturated carbocycles. The van der Waals surface area contributed by atoms with Gasteiger partial charge in [-0.15, -0.1) is 0 Å². The summed E-state index contributed by atoms with van der Waals surface area (Å²) in [5, 5.41) is 0. The Morgan fingerprint density at radius 2 is 1.82 bits per heavy atom. The molecule has 0 aliphatic heterocycles. The van der Waals surface area contributed by atoms with Crippen LogP contribution in [0.25, 0.3) is 0 Å². The van der Waals surface area contributed by atoms with Crippen molar-refractivity contribution in [3.8, 4) is 0 Å². The van der Waals surface area contributed by atoms with E-state index >= 15 is 0 Å². The standard InChI is InChI=1S/C5H9ClF2O2S/c1-4(2)5(7,8)3-11(6,9)10/h4H,3H2,1-2H3. The fraction of sp³-hybridized carbons (Fsp3) is 1.00. The zero-order chi connectivity index (χ0) is 9.28. The van der Waals surface area contributed by atoms with E-state index in [2.05, 4.69) is 10.7 Å². The average Bonchev–Trinajstić information content (AvgIpc) is 1.56. The summed E-state index contributed by atoms with van der Waals surface area (Å²) in [6.45, 7) is 2.48. The van der Waals surface area contributed by atoms with Gasteiger partial charge < -0.3 is 0 Å². The van der Waals surface area contributed by atoms with E-state index in [1.54, 1.807) is 0 Å². The van der Waals surface area contributed by atoms with Gasteiger partial charge in [-0.2, -0.15) is 0 Å². The second-order valence-electron chi connectivity index (χ2n) is 2.60. The average molecular weight is 207 g/mol. The maximum atomic E-state index is 12.6. The molecule has 0 rings (SSSR count). The number of halogens is 3. The van der Waals surface area contributed by atoms with Gasteiger partial charge in [0, 0.05) is 16.6 Å². The normalized spacial score (nSPS) is 14.0. The minimum Gasteiger partial charge on any atom is -0.212 e. The summed E-state index contributed by atoms with van der Waals surface area (Å²) in [4.78, 5) is 0. The molecule has 68 valence electrons. The van der Waals surface area contributed by atoms with Crippen LogP contribution in [0.4, 0.5) is 8.78 Å². The third kappa shape index (κ3) is 4.53. The molecule has 0 heterocycles. The molecule has 0 fully saturated rings. The van der Waals surface area contributed by atoms with Crippen molar-refractivity contribution in [3.05, 3.63) is 0 Å². The zero-order valence-electron chi connectivity index (χ0n) is 6.14. The van der Waals surface area contributed by atoms with Crippen LogP contribution in [0.3, 0.4) is 0 Å².